The van der Waals surface area contributed by atoms with E-state index in [1.807, 2.05) is 42.5 Å². The Morgan fingerprint density at radius 3 is 2.17 bits per heavy atom. The van der Waals surface area contributed by atoms with Crippen LogP contribution >= 0.6 is 0 Å². The summed E-state index contributed by atoms with van der Waals surface area (Å²) in [5, 5.41) is 12.8. The zero-order chi connectivity index (χ0) is 28.7. The van der Waals surface area contributed by atoms with Gasteiger partial charge in [-0.25, -0.2) is 0 Å². The van der Waals surface area contributed by atoms with Gasteiger partial charge in [0.15, 0.2) is 0 Å². The van der Waals surface area contributed by atoms with Gasteiger partial charge in [0.1, 0.15) is 5.75 Å². The van der Waals surface area contributed by atoms with Crippen LogP contribution in [0.25, 0.3) is 0 Å². The van der Waals surface area contributed by atoms with Crippen molar-refractivity contribution in [3.63, 3.8) is 0 Å². The molecule has 4 rings (SSSR count). The van der Waals surface area contributed by atoms with Gasteiger partial charge in [-0.3, -0.25) is 4.79 Å². The summed E-state index contributed by atoms with van der Waals surface area (Å²) in [5.74, 6) is 2.91. The smallest absolute Gasteiger partial charge is 0.251 e. The zero-order valence-corrected chi connectivity index (χ0v) is 23.9. The topological polar surface area (TPSA) is 132 Å². The second-order valence-electron chi connectivity index (χ2n) is 10.0. The van der Waals surface area contributed by atoms with Crippen LogP contribution in [0.4, 0.5) is 23.5 Å². The van der Waals surface area contributed by atoms with Gasteiger partial charge >= 0.3 is 0 Å². The van der Waals surface area contributed by atoms with E-state index in [0.29, 0.717) is 69.0 Å². The highest BCUT2D eigenvalue weighted by Gasteiger charge is 2.19. The average molecular weight is 564 g/mol. The highest BCUT2D eigenvalue weighted by Crippen LogP contribution is 2.26. The van der Waals surface area contributed by atoms with Crippen LogP contribution in [0, 0.1) is 5.92 Å². The molecule has 1 amide bonds. The van der Waals surface area contributed by atoms with E-state index in [1.54, 1.807) is 19.2 Å². The van der Waals surface area contributed by atoms with Gasteiger partial charge in [0.05, 0.1) is 33.5 Å². The summed E-state index contributed by atoms with van der Waals surface area (Å²) in [4.78, 5) is 25.8. The van der Waals surface area contributed by atoms with Crippen LogP contribution in [0.3, 0.4) is 0 Å². The Kier molecular flexibility index (Phi) is 12.0. The summed E-state index contributed by atoms with van der Waals surface area (Å²) >= 11 is 0. The third-order valence-corrected chi connectivity index (χ3v) is 6.80. The van der Waals surface area contributed by atoms with E-state index in [1.165, 1.54) is 12.8 Å². The Labute approximate surface area is 241 Å². The number of hydrogen-bond acceptors (Lipinski definition) is 10. The number of benzene rings is 2. The molecule has 3 aromatic rings. The molecule has 41 heavy (non-hydrogen) atoms. The first-order valence-electron chi connectivity index (χ1n) is 14.3. The van der Waals surface area contributed by atoms with E-state index in [9.17, 15) is 4.79 Å². The van der Waals surface area contributed by atoms with Gasteiger partial charge in [-0.15, -0.1) is 0 Å². The fourth-order valence-corrected chi connectivity index (χ4v) is 4.45. The molecule has 0 atom stereocenters. The molecule has 0 spiro atoms. The highest BCUT2D eigenvalue weighted by atomic mass is 16.5. The average Bonchev–Trinajstić information content (AvgIpc) is 3.00. The lowest BCUT2D eigenvalue weighted by atomic mass is 9.87. The number of hydrogen-bond donors (Lipinski definition) is 4. The number of amides is 1. The summed E-state index contributed by atoms with van der Waals surface area (Å²) < 4.78 is 16.5. The molecule has 1 saturated carbocycles. The minimum Gasteiger partial charge on any atom is -0.497 e. The molecule has 4 N–H and O–H groups in total. The van der Waals surface area contributed by atoms with Gasteiger partial charge in [-0.2, -0.15) is 15.0 Å². The second-order valence-corrected chi connectivity index (χ2v) is 10.0. The van der Waals surface area contributed by atoms with Crippen molar-refractivity contribution in [2.45, 2.75) is 38.6 Å². The molecule has 0 saturated heterocycles. The Morgan fingerprint density at radius 2 is 1.46 bits per heavy atom. The molecule has 11 nitrogen and oxygen atoms in total. The van der Waals surface area contributed by atoms with Gasteiger partial charge in [-0.1, -0.05) is 25.1 Å². The summed E-state index contributed by atoms with van der Waals surface area (Å²) in [6.07, 6.45) is 4.61. The number of nitrogens with one attached hydrogen (secondary N) is 4. The van der Waals surface area contributed by atoms with E-state index in [4.69, 9.17) is 14.2 Å². The molecular formula is C30H41N7O4. The molecule has 0 unspecified atom stereocenters. The lowest BCUT2D eigenvalue weighted by Crippen LogP contribution is -2.27. The Hall–Kier alpha value is -3.96. The minimum atomic E-state index is -0.107. The SMILES string of the molecule is COc1ccc(Nc2nc(NCCOCCOCCNC(=O)c3ccccc3)nc(NC3CCC(C)CC3)n2)cc1. The van der Waals surface area contributed by atoms with Crippen LogP contribution in [0.1, 0.15) is 43.0 Å². The van der Waals surface area contributed by atoms with Crippen LogP contribution in [0.2, 0.25) is 0 Å². The lowest BCUT2D eigenvalue weighted by molar-refractivity contribution is 0.0519. The number of carbonyl (C=O) groups excluding carboxylic acids is 1. The maximum absolute atomic E-state index is 12.0. The molecule has 1 aromatic heterocycles. The number of carbonyl (C=O) groups is 1. The lowest BCUT2D eigenvalue weighted by Gasteiger charge is -2.27. The van der Waals surface area contributed by atoms with Crippen molar-refractivity contribution < 1.29 is 19.0 Å². The minimum absolute atomic E-state index is 0.107. The van der Waals surface area contributed by atoms with Crippen LogP contribution in [-0.2, 0) is 9.47 Å². The fraction of sp³-hybridized carbons (Fsp3) is 0.467. The zero-order valence-electron chi connectivity index (χ0n) is 23.9. The van der Waals surface area contributed by atoms with Gasteiger partial charge in [0, 0.05) is 30.4 Å². The summed E-state index contributed by atoms with van der Waals surface area (Å²) in [7, 11) is 1.64. The van der Waals surface area contributed by atoms with Gasteiger partial charge in [-0.05, 0) is 68.0 Å². The monoisotopic (exact) mass is 563 g/mol. The molecule has 1 heterocycles. The predicted molar refractivity (Wildman–Crippen MR) is 160 cm³/mol. The highest BCUT2D eigenvalue weighted by molar-refractivity contribution is 5.94. The maximum Gasteiger partial charge on any atom is 0.251 e. The molecule has 0 aliphatic heterocycles. The quantitative estimate of drug-likeness (QED) is 0.185. The Morgan fingerprint density at radius 1 is 0.805 bits per heavy atom. The Bertz CT molecular complexity index is 1190. The van der Waals surface area contributed by atoms with Gasteiger partial charge in [0.2, 0.25) is 17.8 Å². The third-order valence-electron chi connectivity index (χ3n) is 6.80. The van der Waals surface area contributed by atoms with E-state index in [-0.39, 0.29) is 5.91 Å². The van der Waals surface area contributed by atoms with E-state index >= 15 is 0 Å². The standard InChI is InChI=1S/C30H41N7O4/c1-22-8-10-24(11-9-22)33-29-35-28(36-30(37-29)34-25-12-14-26(39-2)15-13-25)32-17-19-41-21-20-40-18-16-31-27(38)23-6-4-3-5-7-23/h3-7,12-15,22,24H,8-11,16-21H2,1-2H3,(H,31,38)(H3,32,33,34,35,36,37). The van der Waals surface area contributed by atoms with Crippen molar-refractivity contribution in [1.29, 1.82) is 0 Å². The molecule has 11 heteroatoms. The first-order chi connectivity index (χ1) is 20.1. The van der Waals surface area contributed by atoms with Crippen LogP contribution < -0.4 is 26.0 Å². The van der Waals surface area contributed by atoms with E-state index in [0.717, 1.165) is 30.2 Å². The molecule has 1 fully saturated rings. The molecule has 1 aliphatic carbocycles. The van der Waals surface area contributed by atoms with Crippen molar-refractivity contribution in [3.05, 3.63) is 60.2 Å². The van der Waals surface area contributed by atoms with Crippen molar-refractivity contribution in [1.82, 2.24) is 20.3 Å². The van der Waals surface area contributed by atoms with Crippen molar-refractivity contribution >= 4 is 29.4 Å². The van der Waals surface area contributed by atoms with E-state index < -0.39 is 0 Å². The maximum atomic E-state index is 12.0. The molecule has 220 valence electrons. The van der Waals surface area contributed by atoms with Crippen molar-refractivity contribution in [2.24, 2.45) is 5.92 Å². The first-order valence-corrected chi connectivity index (χ1v) is 14.3. The third kappa shape index (κ3) is 10.5. The van der Waals surface area contributed by atoms with Gasteiger partial charge < -0.3 is 35.5 Å². The predicted octanol–water partition coefficient (Wildman–Crippen LogP) is 4.49. The molecule has 0 bridgehead atoms. The first kappa shape index (κ1) is 30.0. The molecule has 2 aromatic carbocycles. The van der Waals surface area contributed by atoms with Crippen LogP contribution in [-0.4, -0.2) is 73.5 Å². The van der Waals surface area contributed by atoms with Gasteiger partial charge in [0.25, 0.3) is 5.91 Å². The summed E-state index contributed by atoms with van der Waals surface area (Å²) in [6, 6.07) is 17.1. The largest absolute Gasteiger partial charge is 0.497 e. The van der Waals surface area contributed by atoms with Crippen LogP contribution in [0.15, 0.2) is 54.6 Å². The number of ether oxygens (including phenoxy) is 3. The number of aromatic nitrogens is 3. The normalized spacial score (nSPS) is 16.5. The van der Waals surface area contributed by atoms with Crippen molar-refractivity contribution in [3.8, 4) is 5.75 Å². The number of rotatable bonds is 16. The Balaban J connectivity index is 1.19. The molecular weight excluding hydrogens is 522 g/mol. The molecule has 1 aliphatic rings. The second kappa shape index (κ2) is 16.3. The van der Waals surface area contributed by atoms with Crippen LogP contribution in [0.5, 0.6) is 5.75 Å². The number of anilines is 4. The number of methoxy groups -OCH3 is 1. The fourth-order valence-electron chi connectivity index (χ4n) is 4.45. The van der Waals surface area contributed by atoms with E-state index in [2.05, 4.69) is 43.1 Å². The number of nitrogens with zero attached hydrogens (tertiary/aromatic N) is 3. The molecule has 0 radical (unpaired) electrons. The summed E-state index contributed by atoms with van der Waals surface area (Å²) in [6.45, 7) is 5.05. The summed E-state index contributed by atoms with van der Waals surface area (Å²) in [5.41, 5.74) is 1.49. The van der Waals surface area contributed by atoms with Crippen molar-refractivity contribution in [2.75, 3.05) is 62.6 Å².